The van der Waals surface area contributed by atoms with Crippen molar-refractivity contribution in [3.63, 3.8) is 0 Å². The van der Waals surface area contributed by atoms with Crippen molar-refractivity contribution in [1.82, 2.24) is 15.0 Å². The lowest BCUT2D eigenvalue weighted by Crippen LogP contribution is -2.15. The average Bonchev–Trinajstić information content (AvgIpc) is 3.44. The molecule has 0 spiro atoms. The number of carbonyl (C=O) groups excluding carboxylic acids is 1. The first kappa shape index (κ1) is 19.7. The lowest BCUT2D eigenvalue weighted by molar-refractivity contribution is -0.117. The number of aryl methyl sites for hydroxylation is 1. The highest BCUT2D eigenvalue weighted by Crippen LogP contribution is 2.34. The fourth-order valence-corrected chi connectivity index (χ4v) is 3.67. The van der Waals surface area contributed by atoms with Crippen LogP contribution in [0, 0.1) is 12.8 Å². The van der Waals surface area contributed by atoms with Gasteiger partial charge in [-0.05, 0) is 43.4 Å². The second-order valence-corrected chi connectivity index (χ2v) is 8.14. The number of hydrogen-bond acceptors (Lipinski definition) is 6. The molecule has 1 fully saturated rings. The van der Waals surface area contributed by atoms with E-state index in [2.05, 4.69) is 20.3 Å². The summed E-state index contributed by atoms with van der Waals surface area (Å²) in [5.74, 6) is 0.0958. The number of alkyl halides is 1. The molecular formula is C21H21FN4O2S. The van der Waals surface area contributed by atoms with E-state index in [4.69, 9.17) is 0 Å². The van der Waals surface area contributed by atoms with Gasteiger partial charge in [-0.25, -0.2) is 9.37 Å². The van der Waals surface area contributed by atoms with Gasteiger partial charge in [-0.1, -0.05) is 0 Å². The first-order chi connectivity index (χ1) is 14.0. The summed E-state index contributed by atoms with van der Waals surface area (Å²) in [7, 11) is 0. The van der Waals surface area contributed by atoms with Crippen LogP contribution >= 0.6 is 11.8 Å². The Morgan fingerprint density at radius 3 is 2.66 bits per heavy atom. The molecule has 150 valence electrons. The number of aromatic nitrogens is 3. The van der Waals surface area contributed by atoms with Crippen molar-refractivity contribution < 1.29 is 14.3 Å². The van der Waals surface area contributed by atoms with Crippen LogP contribution < -0.4 is 5.32 Å². The molecule has 3 aromatic rings. The van der Waals surface area contributed by atoms with Crippen LogP contribution in [0.15, 0.2) is 36.8 Å². The number of rotatable bonds is 6. The zero-order valence-corrected chi connectivity index (χ0v) is 16.9. The number of thioether (sulfide) groups is 1. The van der Waals surface area contributed by atoms with Gasteiger partial charge in [0.1, 0.15) is 18.1 Å². The molecule has 1 aliphatic rings. The Kier molecular flexibility index (Phi) is 5.47. The van der Waals surface area contributed by atoms with Crippen LogP contribution in [0.1, 0.15) is 23.8 Å². The summed E-state index contributed by atoms with van der Waals surface area (Å²) in [5.41, 5.74) is 3.26. The number of fused-ring (bicyclic) bond motifs is 1. The van der Waals surface area contributed by atoms with Crippen LogP contribution in [0.25, 0.3) is 22.0 Å². The standard InChI is InChI=1S/C21H21FN4O2S/c1-11-3-18(19(27)10-29-2)24-9-15(11)17-4-12-8-25-20(5-13(12)7-23-17)26-21(28)14-6-16(14)22/h3-5,7-9,14,16,19,27H,6,10H2,1-2H3,(H,25,26,28)/t14-,16+,19-/m1/s1. The molecule has 3 heterocycles. The number of halogens is 1. The first-order valence-electron chi connectivity index (χ1n) is 9.31. The summed E-state index contributed by atoms with van der Waals surface area (Å²) in [6.07, 6.45) is 5.70. The summed E-state index contributed by atoms with van der Waals surface area (Å²) in [6, 6.07) is 5.52. The second-order valence-electron chi connectivity index (χ2n) is 7.23. The van der Waals surface area contributed by atoms with Gasteiger partial charge in [0, 0.05) is 40.7 Å². The number of hydrogen-bond donors (Lipinski definition) is 2. The number of carbonyl (C=O) groups is 1. The molecule has 0 saturated heterocycles. The monoisotopic (exact) mass is 412 g/mol. The molecule has 0 aliphatic heterocycles. The van der Waals surface area contributed by atoms with Gasteiger partial charge < -0.3 is 10.4 Å². The highest BCUT2D eigenvalue weighted by Gasteiger charge is 2.43. The van der Waals surface area contributed by atoms with Crippen LogP contribution in [0.3, 0.4) is 0 Å². The van der Waals surface area contributed by atoms with Gasteiger partial charge in [0.15, 0.2) is 0 Å². The van der Waals surface area contributed by atoms with Gasteiger partial charge >= 0.3 is 0 Å². The van der Waals surface area contributed by atoms with Crippen molar-refractivity contribution in [2.24, 2.45) is 5.92 Å². The van der Waals surface area contributed by atoms with Crippen molar-refractivity contribution in [2.45, 2.75) is 25.6 Å². The first-order valence-corrected chi connectivity index (χ1v) is 10.7. The van der Waals surface area contributed by atoms with Crippen molar-refractivity contribution in [3.8, 4) is 11.3 Å². The molecule has 2 N–H and O–H groups in total. The number of aliphatic hydroxyl groups excluding tert-OH is 1. The number of amides is 1. The third-order valence-corrected chi connectivity index (χ3v) is 5.63. The number of nitrogens with zero attached hydrogens (tertiary/aromatic N) is 3. The maximum absolute atomic E-state index is 13.0. The van der Waals surface area contributed by atoms with E-state index >= 15 is 0 Å². The van der Waals surface area contributed by atoms with E-state index in [1.165, 1.54) is 0 Å². The minimum atomic E-state index is -1.04. The molecule has 1 aliphatic carbocycles. The van der Waals surface area contributed by atoms with Crippen LogP contribution in [0.5, 0.6) is 0 Å². The van der Waals surface area contributed by atoms with E-state index in [1.54, 1.807) is 36.4 Å². The topological polar surface area (TPSA) is 88.0 Å². The summed E-state index contributed by atoms with van der Waals surface area (Å²) in [5, 5.41) is 14.5. The third kappa shape index (κ3) is 4.23. The Labute approximate surface area is 172 Å². The quantitative estimate of drug-likeness (QED) is 0.642. The summed E-state index contributed by atoms with van der Waals surface area (Å²) < 4.78 is 13.0. The average molecular weight is 412 g/mol. The minimum Gasteiger partial charge on any atom is -0.386 e. The van der Waals surface area contributed by atoms with E-state index in [0.29, 0.717) is 17.3 Å². The zero-order chi connectivity index (χ0) is 20.5. The van der Waals surface area contributed by atoms with Gasteiger partial charge in [-0.2, -0.15) is 11.8 Å². The highest BCUT2D eigenvalue weighted by atomic mass is 32.2. The Hall–Kier alpha value is -2.58. The third-order valence-electron chi connectivity index (χ3n) is 4.98. The van der Waals surface area contributed by atoms with E-state index in [9.17, 15) is 14.3 Å². The predicted octanol–water partition coefficient (Wildman–Crippen LogP) is 3.69. The fraction of sp³-hybridized carbons (Fsp3) is 0.333. The Morgan fingerprint density at radius 1 is 1.24 bits per heavy atom. The summed E-state index contributed by atoms with van der Waals surface area (Å²) >= 11 is 1.57. The van der Waals surface area contributed by atoms with E-state index in [-0.39, 0.29) is 12.3 Å². The lowest BCUT2D eigenvalue weighted by atomic mass is 10.0. The molecule has 8 heteroatoms. The maximum Gasteiger partial charge on any atom is 0.231 e. The predicted molar refractivity (Wildman–Crippen MR) is 112 cm³/mol. The number of aliphatic hydroxyl groups is 1. The number of nitrogens with one attached hydrogen (secondary N) is 1. The van der Waals surface area contributed by atoms with Crippen LogP contribution in [-0.4, -0.2) is 44.1 Å². The molecule has 1 saturated carbocycles. The van der Waals surface area contributed by atoms with Gasteiger partial charge in [0.05, 0.1) is 17.3 Å². The number of pyridine rings is 3. The minimum absolute atomic E-state index is 0.283. The SMILES string of the molecule is CSC[C@@H](O)c1cc(C)c(-c2cc3cnc(NC(=O)[C@@H]4C[C@@H]4F)cc3cn2)cn1. The molecule has 0 unspecified atom stereocenters. The molecule has 6 nitrogen and oxygen atoms in total. The zero-order valence-electron chi connectivity index (χ0n) is 16.1. The van der Waals surface area contributed by atoms with Gasteiger partial charge in [0.25, 0.3) is 0 Å². The van der Waals surface area contributed by atoms with Crippen LogP contribution in [0.4, 0.5) is 10.2 Å². The molecule has 1 amide bonds. The van der Waals surface area contributed by atoms with Crippen LogP contribution in [-0.2, 0) is 4.79 Å². The Balaban J connectivity index is 1.57. The highest BCUT2D eigenvalue weighted by molar-refractivity contribution is 7.98. The summed E-state index contributed by atoms with van der Waals surface area (Å²) in [6.45, 7) is 1.96. The van der Waals surface area contributed by atoms with Crippen molar-refractivity contribution in [2.75, 3.05) is 17.3 Å². The van der Waals surface area contributed by atoms with Crippen LogP contribution in [0.2, 0.25) is 0 Å². The van der Waals surface area contributed by atoms with Crippen molar-refractivity contribution in [1.29, 1.82) is 0 Å². The van der Waals surface area contributed by atoms with Gasteiger partial charge in [-0.3, -0.25) is 14.8 Å². The van der Waals surface area contributed by atoms with E-state index in [0.717, 1.165) is 27.6 Å². The van der Waals surface area contributed by atoms with Crippen molar-refractivity contribution in [3.05, 3.63) is 48.0 Å². The normalized spacial score (nSPS) is 19.2. The Bertz CT molecular complexity index is 1080. The van der Waals surface area contributed by atoms with Crippen molar-refractivity contribution >= 4 is 34.3 Å². The maximum atomic E-state index is 13.0. The fourth-order valence-electron chi connectivity index (χ4n) is 3.18. The van der Waals surface area contributed by atoms with E-state index in [1.807, 2.05) is 25.3 Å². The van der Waals surface area contributed by atoms with E-state index < -0.39 is 18.2 Å². The lowest BCUT2D eigenvalue weighted by Gasteiger charge is -2.12. The molecule has 4 rings (SSSR count). The van der Waals surface area contributed by atoms with Gasteiger partial charge in [0.2, 0.25) is 5.91 Å². The Morgan fingerprint density at radius 2 is 1.97 bits per heavy atom. The molecule has 3 atom stereocenters. The number of anilines is 1. The molecular weight excluding hydrogens is 391 g/mol. The molecule has 0 aromatic carbocycles. The summed E-state index contributed by atoms with van der Waals surface area (Å²) in [4.78, 5) is 25.1. The smallest absolute Gasteiger partial charge is 0.231 e. The largest absolute Gasteiger partial charge is 0.386 e. The molecule has 0 bridgehead atoms. The molecule has 0 radical (unpaired) electrons. The van der Waals surface area contributed by atoms with Gasteiger partial charge in [-0.15, -0.1) is 0 Å². The molecule has 29 heavy (non-hydrogen) atoms. The second kappa shape index (κ2) is 8.04. The molecule has 3 aromatic heterocycles.